The standard InChI is InChI=1S/C9H13N3O2/c1-12-7-3-4-10-5-6(7)11-8(12)9(13)14-2/h10H,3-5H2,1-2H3. The van der Waals surface area contributed by atoms with Crippen LogP contribution in [0.4, 0.5) is 0 Å². The molecule has 1 aliphatic heterocycles. The van der Waals surface area contributed by atoms with Crippen molar-refractivity contribution in [2.75, 3.05) is 13.7 Å². The van der Waals surface area contributed by atoms with Gasteiger partial charge in [-0.3, -0.25) is 0 Å². The molecule has 0 bridgehead atoms. The van der Waals surface area contributed by atoms with Crippen molar-refractivity contribution >= 4 is 5.97 Å². The normalized spacial score (nSPS) is 15.0. The molecule has 0 aliphatic carbocycles. The molecule has 0 atom stereocenters. The maximum Gasteiger partial charge on any atom is 0.374 e. The zero-order valence-electron chi connectivity index (χ0n) is 8.33. The lowest BCUT2D eigenvalue weighted by atomic mass is 10.2. The molecule has 0 amide bonds. The summed E-state index contributed by atoms with van der Waals surface area (Å²) in [6, 6.07) is 0. The van der Waals surface area contributed by atoms with Crippen molar-refractivity contribution in [1.29, 1.82) is 0 Å². The number of methoxy groups -OCH3 is 1. The molecule has 14 heavy (non-hydrogen) atoms. The van der Waals surface area contributed by atoms with E-state index in [4.69, 9.17) is 0 Å². The van der Waals surface area contributed by atoms with Crippen LogP contribution in [0, 0.1) is 0 Å². The van der Waals surface area contributed by atoms with Crippen LogP contribution < -0.4 is 5.32 Å². The highest BCUT2D eigenvalue weighted by molar-refractivity contribution is 5.85. The van der Waals surface area contributed by atoms with Crippen molar-refractivity contribution in [1.82, 2.24) is 14.9 Å². The van der Waals surface area contributed by atoms with Crippen LogP contribution >= 0.6 is 0 Å². The second-order valence-electron chi connectivity index (χ2n) is 3.31. The number of carbonyl (C=O) groups excluding carboxylic acids is 1. The first-order chi connectivity index (χ1) is 6.74. The summed E-state index contributed by atoms with van der Waals surface area (Å²) in [5.41, 5.74) is 2.09. The summed E-state index contributed by atoms with van der Waals surface area (Å²) in [6.45, 7) is 1.67. The summed E-state index contributed by atoms with van der Waals surface area (Å²) < 4.78 is 6.47. The van der Waals surface area contributed by atoms with Crippen LogP contribution in [0.3, 0.4) is 0 Å². The van der Waals surface area contributed by atoms with Gasteiger partial charge >= 0.3 is 5.97 Å². The number of imidazole rings is 1. The molecule has 0 radical (unpaired) electrons. The maximum atomic E-state index is 11.3. The van der Waals surface area contributed by atoms with Crippen molar-refractivity contribution in [2.24, 2.45) is 7.05 Å². The van der Waals surface area contributed by atoms with E-state index in [2.05, 4.69) is 15.0 Å². The van der Waals surface area contributed by atoms with E-state index in [1.54, 1.807) is 0 Å². The van der Waals surface area contributed by atoms with E-state index in [1.807, 2.05) is 11.6 Å². The highest BCUT2D eigenvalue weighted by Gasteiger charge is 2.21. The number of aromatic nitrogens is 2. The van der Waals surface area contributed by atoms with Crippen LogP contribution in [0.5, 0.6) is 0 Å². The molecule has 76 valence electrons. The van der Waals surface area contributed by atoms with E-state index < -0.39 is 0 Å². The SMILES string of the molecule is COC(=O)c1nc2c(n1C)CCNC2. The van der Waals surface area contributed by atoms with Gasteiger partial charge in [-0.25, -0.2) is 9.78 Å². The summed E-state index contributed by atoms with van der Waals surface area (Å²) >= 11 is 0. The molecule has 0 unspecified atom stereocenters. The van der Waals surface area contributed by atoms with Crippen molar-refractivity contribution in [2.45, 2.75) is 13.0 Å². The summed E-state index contributed by atoms with van der Waals surface area (Å²) in [7, 11) is 3.22. The van der Waals surface area contributed by atoms with Crippen molar-refractivity contribution < 1.29 is 9.53 Å². The first-order valence-electron chi connectivity index (χ1n) is 4.57. The van der Waals surface area contributed by atoms with E-state index in [-0.39, 0.29) is 5.97 Å². The van der Waals surface area contributed by atoms with Crippen molar-refractivity contribution in [3.8, 4) is 0 Å². The molecule has 2 rings (SSSR count). The molecule has 5 nitrogen and oxygen atoms in total. The quantitative estimate of drug-likeness (QED) is 0.633. The Labute approximate surface area is 82.1 Å². The van der Waals surface area contributed by atoms with Crippen LogP contribution in [0.15, 0.2) is 0 Å². The molecular formula is C9H13N3O2. The Bertz CT molecular complexity index is 370. The summed E-state index contributed by atoms with van der Waals surface area (Å²) in [4.78, 5) is 15.6. The van der Waals surface area contributed by atoms with Gasteiger partial charge in [-0.05, 0) is 0 Å². The Morgan fingerprint density at radius 2 is 2.43 bits per heavy atom. The third-order valence-corrected chi connectivity index (χ3v) is 2.50. The third-order valence-electron chi connectivity index (χ3n) is 2.50. The Hall–Kier alpha value is -1.36. The van der Waals surface area contributed by atoms with Gasteiger partial charge in [0.1, 0.15) is 0 Å². The molecule has 1 N–H and O–H groups in total. The average molecular weight is 195 g/mol. The number of ether oxygens (including phenoxy) is 1. The number of carbonyl (C=O) groups is 1. The molecule has 0 aromatic carbocycles. The summed E-state index contributed by atoms with van der Waals surface area (Å²) in [6.07, 6.45) is 0.913. The van der Waals surface area contributed by atoms with Crippen molar-refractivity contribution in [3.63, 3.8) is 0 Å². The third kappa shape index (κ3) is 1.29. The fourth-order valence-electron chi connectivity index (χ4n) is 1.73. The summed E-state index contributed by atoms with van der Waals surface area (Å²) in [5, 5.41) is 3.21. The molecule has 5 heteroatoms. The lowest BCUT2D eigenvalue weighted by Gasteiger charge is -2.12. The van der Waals surface area contributed by atoms with Gasteiger partial charge < -0.3 is 14.6 Å². The number of hydrogen-bond donors (Lipinski definition) is 1. The van der Waals surface area contributed by atoms with E-state index in [0.29, 0.717) is 5.82 Å². The van der Waals surface area contributed by atoms with Gasteiger partial charge in [0.05, 0.1) is 12.8 Å². The minimum atomic E-state index is -0.373. The number of nitrogens with one attached hydrogen (secondary N) is 1. The van der Waals surface area contributed by atoms with Gasteiger partial charge in [-0.15, -0.1) is 0 Å². The van der Waals surface area contributed by atoms with Crippen LogP contribution in [-0.4, -0.2) is 29.2 Å². The van der Waals surface area contributed by atoms with E-state index in [9.17, 15) is 4.79 Å². The minimum absolute atomic E-state index is 0.373. The number of hydrogen-bond acceptors (Lipinski definition) is 4. The van der Waals surface area contributed by atoms with Crippen LogP contribution in [0.25, 0.3) is 0 Å². The van der Waals surface area contributed by atoms with Crippen LogP contribution in [-0.2, 0) is 24.8 Å². The highest BCUT2D eigenvalue weighted by atomic mass is 16.5. The van der Waals surface area contributed by atoms with E-state index in [1.165, 1.54) is 7.11 Å². The van der Waals surface area contributed by atoms with Gasteiger partial charge in [-0.1, -0.05) is 0 Å². The Morgan fingerprint density at radius 3 is 3.07 bits per heavy atom. The monoisotopic (exact) mass is 195 g/mol. The Kier molecular flexibility index (Phi) is 2.25. The van der Waals surface area contributed by atoms with E-state index >= 15 is 0 Å². The molecule has 2 heterocycles. The predicted molar refractivity (Wildman–Crippen MR) is 50.0 cm³/mol. The lowest BCUT2D eigenvalue weighted by molar-refractivity contribution is 0.0582. The maximum absolute atomic E-state index is 11.3. The lowest BCUT2D eigenvalue weighted by Crippen LogP contribution is -2.24. The zero-order valence-corrected chi connectivity index (χ0v) is 8.33. The first-order valence-corrected chi connectivity index (χ1v) is 4.57. The molecule has 1 aliphatic rings. The topological polar surface area (TPSA) is 56.1 Å². The summed E-state index contributed by atoms with van der Waals surface area (Å²) in [5.74, 6) is 0.0168. The molecule has 1 aromatic heterocycles. The number of esters is 1. The molecule has 0 saturated carbocycles. The predicted octanol–water partition coefficient (Wildman–Crippen LogP) is -0.148. The number of fused-ring (bicyclic) bond motifs is 1. The van der Waals surface area contributed by atoms with Gasteiger partial charge in [0, 0.05) is 32.3 Å². The minimum Gasteiger partial charge on any atom is -0.463 e. The van der Waals surface area contributed by atoms with Gasteiger partial charge in [0.2, 0.25) is 5.82 Å². The van der Waals surface area contributed by atoms with Gasteiger partial charge in [0.25, 0.3) is 0 Å². The molecule has 1 aromatic rings. The first kappa shape index (κ1) is 9.21. The molecule has 0 spiro atoms. The Morgan fingerprint density at radius 1 is 1.64 bits per heavy atom. The largest absolute Gasteiger partial charge is 0.463 e. The molecular weight excluding hydrogens is 182 g/mol. The number of rotatable bonds is 1. The zero-order chi connectivity index (χ0) is 10.1. The Balaban J connectivity index is 2.43. The van der Waals surface area contributed by atoms with Crippen LogP contribution in [0.1, 0.15) is 22.0 Å². The van der Waals surface area contributed by atoms with Crippen LogP contribution in [0.2, 0.25) is 0 Å². The fourth-order valence-corrected chi connectivity index (χ4v) is 1.73. The fraction of sp³-hybridized carbons (Fsp3) is 0.556. The second kappa shape index (κ2) is 3.42. The average Bonchev–Trinajstić information content (AvgIpc) is 2.56. The molecule has 0 saturated heterocycles. The van der Waals surface area contributed by atoms with Crippen molar-refractivity contribution in [3.05, 3.63) is 17.2 Å². The van der Waals surface area contributed by atoms with Gasteiger partial charge in [0.15, 0.2) is 0 Å². The molecule has 0 fully saturated rings. The highest BCUT2D eigenvalue weighted by Crippen LogP contribution is 2.14. The second-order valence-corrected chi connectivity index (χ2v) is 3.31. The number of nitrogens with zero attached hydrogens (tertiary/aromatic N) is 2. The van der Waals surface area contributed by atoms with Gasteiger partial charge in [-0.2, -0.15) is 0 Å². The van der Waals surface area contributed by atoms with E-state index in [0.717, 1.165) is 30.9 Å². The smallest absolute Gasteiger partial charge is 0.374 e.